The summed E-state index contributed by atoms with van der Waals surface area (Å²) in [6.07, 6.45) is 1.21. The fourth-order valence-corrected chi connectivity index (χ4v) is 1.93. The molecule has 106 valence electrons. The van der Waals surface area contributed by atoms with Crippen LogP contribution < -0.4 is 5.32 Å². The lowest BCUT2D eigenvalue weighted by atomic mass is 10.1. The maximum Gasteiger partial charge on any atom is 0.265 e. The summed E-state index contributed by atoms with van der Waals surface area (Å²) in [5.74, 6) is -5.01. The van der Waals surface area contributed by atoms with Crippen molar-refractivity contribution in [1.29, 1.82) is 0 Å². The smallest absolute Gasteiger partial charge is 0.265 e. The molecule has 2 N–H and O–H groups in total. The SMILES string of the molecule is O=C(NC(CO)c1cc(F)c(F)c(F)c1)c1cnns1. The van der Waals surface area contributed by atoms with Crippen LogP contribution in [0.4, 0.5) is 13.2 Å². The first-order valence-corrected chi connectivity index (χ1v) is 6.13. The van der Waals surface area contributed by atoms with E-state index in [1.807, 2.05) is 0 Å². The third-order valence-electron chi connectivity index (χ3n) is 2.48. The van der Waals surface area contributed by atoms with E-state index < -0.39 is 36.0 Å². The zero-order valence-corrected chi connectivity index (χ0v) is 10.6. The Morgan fingerprint density at radius 2 is 2.00 bits per heavy atom. The van der Waals surface area contributed by atoms with E-state index in [1.165, 1.54) is 6.20 Å². The fraction of sp³-hybridized carbons (Fsp3) is 0.182. The number of nitrogens with zero attached hydrogens (tertiary/aromatic N) is 2. The number of aliphatic hydroxyl groups excluding tert-OH is 1. The number of nitrogens with one attached hydrogen (secondary N) is 1. The maximum atomic E-state index is 13.1. The molecular weight excluding hydrogens is 295 g/mol. The number of rotatable bonds is 4. The van der Waals surface area contributed by atoms with Crippen molar-refractivity contribution in [2.24, 2.45) is 0 Å². The van der Waals surface area contributed by atoms with Crippen LogP contribution in [0.25, 0.3) is 0 Å². The summed E-state index contributed by atoms with van der Waals surface area (Å²) in [7, 11) is 0. The number of hydrogen-bond acceptors (Lipinski definition) is 5. The van der Waals surface area contributed by atoms with E-state index in [2.05, 4.69) is 14.9 Å². The van der Waals surface area contributed by atoms with Gasteiger partial charge in [-0.05, 0) is 29.2 Å². The first-order valence-electron chi connectivity index (χ1n) is 5.36. The Balaban J connectivity index is 2.22. The normalized spacial score (nSPS) is 12.2. The van der Waals surface area contributed by atoms with Crippen LogP contribution in [-0.2, 0) is 0 Å². The minimum Gasteiger partial charge on any atom is -0.394 e. The molecule has 1 atom stereocenters. The second kappa shape index (κ2) is 5.97. The standard InChI is InChI=1S/C11H8F3N3O2S/c12-6-1-5(2-7(13)10(6)14)8(4-18)16-11(19)9-3-15-17-20-9/h1-3,8,18H,4H2,(H,16,19). The van der Waals surface area contributed by atoms with Gasteiger partial charge in [0.05, 0.1) is 18.8 Å². The van der Waals surface area contributed by atoms with Crippen molar-refractivity contribution in [2.75, 3.05) is 6.61 Å². The van der Waals surface area contributed by atoms with Crippen LogP contribution in [-0.4, -0.2) is 27.2 Å². The average Bonchev–Trinajstić information content (AvgIpc) is 2.95. The molecule has 1 unspecified atom stereocenters. The van der Waals surface area contributed by atoms with Gasteiger partial charge in [0, 0.05) is 0 Å². The molecule has 9 heteroatoms. The second-order valence-corrected chi connectivity index (χ2v) is 4.57. The highest BCUT2D eigenvalue weighted by Gasteiger charge is 2.20. The van der Waals surface area contributed by atoms with Crippen molar-refractivity contribution >= 4 is 17.4 Å². The number of halogens is 3. The molecule has 0 spiro atoms. The second-order valence-electron chi connectivity index (χ2n) is 3.79. The van der Waals surface area contributed by atoms with Crippen LogP contribution in [0, 0.1) is 17.5 Å². The number of hydrogen-bond donors (Lipinski definition) is 2. The third-order valence-corrected chi connectivity index (χ3v) is 3.14. The van der Waals surface area contributed by atoms with Gasteiger partial charge in [-0.3, -0.25) is 4.79 Å². The van der Waals surface area contributed by atoms with Crippen molar-refractivity contribution < 1.29 is 23.1 Å². The van der Waals surface area contributed by atoms with Crippen LogP contribution in [0.15, 0.2) is 18.3 Å². The molecule has 0 fully saturated rings. The topological polar surface area (TPSA) is 75.1 Å². The summed E-state index contributed by atoms with van der Waals surface area (Å²) in [4.78, 5) is 11.9. The number of amides is 1. The molecule has 0 aliphatic carbocycles. The molecule has 1 amide bonds. The quantitative estimate of drug-likeness (QED) is 0.838. The van der Waals surface area contributed by atoms with E-state index >= 15 is 0 Å². The maximum absolute atomic E-state index is 13.1. The third kappa shape index (κ3) is 2.94. The molecule has 0 aliphatic rings. The Hall–Kier alpha value is -2.00. The zero-order valence-electron chi connectivity index (χ0n) is 9.81. The van der Waals surface area contributed by atoms with Crippen LogP contribution in [0.2, 0.25) is 0 Å². The number of benzene rings is 1. The van der Waals surface area contributed by atoms with Gasteiger partial charge in [0.15, 0.2) is 17.5 Å². The first-order chi connectivity index (χ1) is 9.52. The van der Waals surface area contributed by atoms with Crippen molar-refractivity contribution in [3.63, 3.8) is 0 Å². The summed E-state index contributed by atoms with van der Waals surface area (Å²) in [5, 5.41) is 15.0. The van der Waals surface area contributed by atoms with Gasteiger partial charge in [0.2, 0.25) is 0 Å². The molecule has 1 heterocycles. The van der Waals surface area contributed by atoms with Gasteiger partial charge in [-0.15, -0.1) is 5.10 Å². The molecule has 0 aliphatic heterocycles. The van der Waals surface area contributed by atoms with E-state index in [0.717, 1.165) is 11.5 Å². The summed E-state index contributed by atoms with van der Waals surface area (Å²) in [6.45, 7) is -0.609. The predicted molar refractivity (Wildman–Crippen MR) is 63.5 cm³/mol. The molecule has 0 saturated heterocycles. The fourth-order valence-electron chi connectivity index (χ4n) is 1.51. The molecule has 0 bridgehead atoms. The summed E-state index contributed by atoms with van der Waals surface area (Å²) in [6, 6.07) is 0.351. The number of carbonyl (C=O) groups is 1. The van der Waals surface area contributed by atoms with Crippen LogP contribution in [0.3, 0.4) is 0 Å². The van der Waals surface area contributed by atoms with Crippen molar-refractivity contribution in [3.8, 4) is 0 Å². The van der Waals surface area contributed by atoms with Gasteiger partial charge >= 0.3 is 0 Å². The molecule has 2 rings (SSSR count). The highest BCUT2D eigenvalue weighted by Crippen LogP contribution is 2.19. The predicted octanol–water partition coefficient (Wildman–Crippen LogP) is 1.42. The highest BCUT2D eigenvalue weighted by molar-refractivity contribution is 7.07. The Morgan fingerprint density at radius 3 is 2.50 bits per heavy atom. The van der Waals surface area contributed by atoms with Crippen LogP contribution >= 0.6 is 11.5 Å². The Bertz CT molecular complexity index is 598. The highest BCUT2D eigenvalue weighted by atomic mass is 32.1. The lowest BCUT2D eigenvalue weighted by Crippen LogP contribution is -2.30. The van der Waals surface area contributed by atoms with Crippen LogP contribution in [0.1, 0.15) is 21.3 Å². The summed E-state index contributed by atoms with van der Waals surface area (Å²) >= 11 is 0.825. The molecule has 1 aromatic heterocycles. The van der Waals surface area contributed by atoms with E-state index in [0.29, 0.717) is 12.1 Å². The van der Waals surface area contributed by atoms with Gasteiger partial charge < -0.3 is 10.4 Å². The van der Waals surface area contributed by atoms with E-state index in [4.69, 9.17) is 0 Å². The number of aliphatic hydroxyl groups is 1. The van der Waals surface area contributed by atoms with E-state index in [9.17, 15) is 23.1 Å². The number of aromatic nitrogens is 2. The van der Waals surface area contributed by atoms with Crippen molar-refractivity contribution in [3.05, 3.63) is 46.2 Å². The van der Waals surface area contributed by atoms with Gasteiger partial charge in [0.1, 0.15) is 4.88 Å². The van der Waals surface area contributed by atoms with Gasteiger partial charge in [-0.1, -0.05) is 4.49 Å². The van der Waals surface area contributed by atoms with E-state index in [1.54, 1.807) is 0 Å². The summed E-state index contributed by atoms with van der Waals surface area (Å²) < 4.78 is 42.6. The molecule has 5 nitrogen and oxygen atoms in total. The molecular formula is C11H8F3N3O2S. The number of carbonyl (C=O) groups excluding carboxylic acids is 1. The molecule has 0 radical (unpaired) electrons. The Kier molecular flexibility index (Phi) is 4.30. The Labute approximate surface area is 115 Å². The monoisotopic (exact) mass is 303 g/mol. The molecule has 20 heavy (non-hydrogen) atoms. The molecule has 0 saturated carbocycles. The zero-order chi connectivity index (χ0) is 14.7. The minimum absolute atomic E-state index is 0.0882. The van der Waals surface area contributed by atoms with Gasteiger partial charge in [0.25, 0.3) is 5.91 Å². The Morgan fingerprint density at radius 1 is 1.35 bits per heavy atom. The lowest BCUT2D eigenvalue weighted by Gasteiger charge is -2.16. The van der Waals surface area contributed by atoms with Crippen molar-refractivity contribution in [1.82, 2.24) is 14.9 Å². The molecule has 2 aromatic rings. The average molecular weight is 303 g/mol. The van der Waals surface area contributed by atoms with Gasteiger partial charge in [-0.2, -0.15) is 0 Å². The largest absolute Gasteiger partial charge is 0.394 e. The minimum atomic E-state index is -1.61. The first kappa shape index (κ1) is 14.4. The molecule has 1 aromatic carbocycles. The van der Waals surface area contributed by atoms with Gasteiger partial charge in [-0.25, -0.2) is 13.2 Å². The van der Waals surface area contributed by atoms with Crippen LogP contribution in [0.5, 0.6) is 0 Å². The lowest BCUT2D eigenvalue weighted by molar-refractivity contribution is 0.0919. The van der Waals surface area contributed by atoms with Crippen molar-refractivity contribution in [2.45, 2.75) is 6.04 Å². The van der Waals surface area contributed by atoms with E-state index in [-0.39, 0.29) is 10.4 Å². The summed E-state index contributed by atoms with van der Waals surface area (Å²) in [5.41, 5.74) is -0.0882.